The van der Waals surface area contributed by atoms with E-state index in [1.807, 2.05) is 24.3 Å². The number of carbonyl (C=O) groups excluding carboxylic acids is 1. The van der Waals surface area contributed by atoms with Crippen LogP contribution in [-0.2, 0) is 11.3 Å². The molecule has 0 bridgehead atoms. The molecule has 1 aromatic heterocycles. The van der Waals surface area contributed by atoms with Crippen molar-refractivity contribution in [3.05, 3.63) is 54.0 Å². The van der Waals surface area contributed by atoms with E-state index in [9.17, 15) is 14.7 Å². The number of methoxy groups -OCH3 is 1. The largest absolute Gasteiger partial charge is 0.496 e. The number of para-hydroxylation sites is 1. The number of hydrogen-bond donors (Lipinski definition) is 1. The number of nitrogens with zero attached hydrogens (tertiary/aromatic N) is 2. The Morgan fingerprint density at radius 3 is 2.74 bits per heavy atom. The number of amides is 1. The SMILES string of the molecule is COc1ccccc1CN1C[C@@H]2CN(C(=O)c3ccoc3)C[C@]2(C(=O)O)C1. The molecule has 2 atom stereocenters. The first-order chi connectivity index (χ1) is 13.0. The van der Waals surface area contributed by atoms with Crippen LogP contribution in [0.1, 0.15) is 15.9 Å². The second kappa shape index (κ2) is 6.74. The molecular formula is C20H22N2O5. The predicted molar refractivity (Wildman–Crippen MR) is 96.4 cm³/mol. The van der Waals surface area contributed by atoms with E-state index < -0.39 is 11.4 Å². The molecule has 7 nitrogen and oxygen atoms in total. The molecule has 2 aliphatic heterocycles. The lowest BCUT2D eigenvalue weighted by molar-refractivity contribution is -0.148. The number of carboxylic acids is 1. The summed E-state index contributed by atoms with van der Waals surface area (Å²) in [6, 6.07) is 9.38. The van der Waals surface area contributed by atoms with Crippen molar-refractivity contribution in [2.75, 3.05) is 33.3 Å². The molecule has 2 saturated heterocycles. The van der Waals surface area contributed by atoms with E-state index in [1.54, 1.807) is 18.1 Å². The number of fused-ring (bicyclic) bond motifs is 1. The first-order valence-electron chi connectivity index (χ1n) is 8.92. The number of carbonyl (C=O) groups is 2. The molecule has 142 valence electrons. The first-order valence-corrected chi connectivity index (χ1v) is 8.92. The van der Waals surface area contributed by atoms with Crippen LogP contribution in [-0.4, -0.2) is 60.1 Å². The van der Waals surface area contributed by atoms with Gasteiger partial charge >= 0.3 is 5.97 Å². The number of benzene rings is 1. The molecule has 0 spiro atoms. The zero-order chi connectivity index (χ0) is 19.0. The molecule has 1 amide bonds. The molecule has 0 unspecified atom stereocenters. The van der Waals surface area contributed by atoms with Crippen molar-refractivity contribution in [2.45, 2.75) is 6.54 Å². The summed E-state index contributed by atoms with van der Waals surface area (Å²) in [5, 5.41) is 9.98. The minimum absolute atomic E-state index is 0.0967. The van der Waals surface area contributed by atoms with Gasteiger partial charge in [-0.15, -0.1) is 0 Å². The van der Waals surface area contributed by atoms with Crippen molar-refractivity contribution in [1.29, 1.82) is 0 Å². The third-order valence-electron chi connectivity index (χ3n) is 5.75. The highest BCUT2D eigenvalue weighted by atomic mass is 16.5. The Hall–Kier alpha value is -2.80. The van der Waals surface area contributed by atoms with E-state index in [-0.39, 0.29) is 18.4 Å². The summed E-state index contributed by atoms with van der Waals surface area (Å²) in [5.41, 5.74) is 0.565. The fourth-order valence-corrected chi connectivity index (χ4v) is 4.39. The minimum atomic E-state index is -0.929. The van der Waals surface area contributed by atoms with E-state index in [1.165, 1.54) is 12.5 Å². The summed E-state index contributed by atoms with van der Waals surface area (Å²) in [7, 11) is 1.63. The summed E-state index contributed by atoms with van der Waals surface area (Å²) in [4.78, 5) is 28.6. The lowest BCUT2D eigenvalue weighted by Gasteiger charge is -2.25. The Morgan fingerprint density at radius 2 is 2.07 bits per heavy atom. The lowest BCUT2D eigenvalue weighted by atomic mass is 9.81. The quantitative estimate of drug-likeness (QED) is 0.866. The zero-order valence-electron chi connectivity index (χ0n) is 15.1. The molecule has 4 rings (SSSR count). The van der Waals surface area contributed by atoms with Crippen molar-refractivity contribution in [2.24, 2.45) is 11.3 Å². The highest BCUT2D eigenvalue weighted by molar-refractivity contribution is 5.94. The Morgan fingerprint density at radius 1 is 1.26 bits per heavy atom. The van der Waals surface area contributed by atoms with Gasteiger partial charge in [0, 0.05) is 44.2 Å². The van der Waals surface area contributed by atoms with Gasteiger partial charge in [-0.3, -0.25) is 14.5 Å². The van der Waals surface area contributed by atoms with Crippen LogP contribution in [0.25, 0.3) is 0 Å². The fourth-order valence-electron chi connectivity index (χ4n) is 4.39. The third kappa shape index (κ3) is 2.98. The fraction of sp³-hybridized carbons (Fsp3) is 0.400. The summed E-state index contributed by atoms with van der Waals surface area (Å²) >= 11 is 0. The number of rotatable bonds is 5. The molecule has 0 aliphatic carbocycles. The van der Waals surface area contributed by atoms with Crippen LogP contribution in [0.15, 0.2) is 47.3 Å². The van der Waals surface area contributed by atoms with Crippen LogP contribution < -0.4 is 4.74 Å². The van der Waals surface area contributed by atoms with Crippen molar-refractivity contribution >= 4 is 11.9 Å². The summed E-state index contributed by atoms with van der Waals surface area (Å²) in [6.07, 6.45) is 2.85. The smallest absolute Gasteiger partial charge is 0.313 e. The Labute approximate surface area is 157 Å². The predicted octanol–water partition coefficient (Wildman–Crippen LogP) is 1.95. The molecule has 7 heteroatoms. The second-order valence-corrected chi connectivity index (χ2v) is 7.34. The second-order valence-electron chi connectivity index (χ2n) is 7.34. The van der Waals surface area contributed by atoms with Crippen LogP contribution in [0.3, 0.4) is 0 Å². The van der Waals surface area contributed by atoms with Gasteiger partial charge in [0.25, 0.3) is 5.91 Å². The van der Waals surface area contributed by atoms with Crippen molar-refractivity contribution in [3.63, 3.8) is 0 Å². The maximum atomic E-state index is 12.6. The van der Waals surface area contributed by atoms with E-state index in [4.69, 9.17) is 9.15 Å². The van der Waals surface area contributed by atoms with Gasteiger partial charge in [0.15, 0.2) is 0 Å². The molecular weight excluding hydrogens is 348 g/mol. The first kappa shape index (κ1) is 17.6. The van der Waals surface area contributed by atoms with Gasteiger partial charge in [-0.25, -0.2) is 0 Å². The van der Waals surface area contributed by atoms with Gasteiger partial charge in [-0.2, -0.15) is 0 Å². The van der Waals surface area contributed by atoms with Gasteiger partial charge in [0.05, 0.1) is 18.9 Å². The van der Waals surface area contributed by atoms with Crippen molar-refractivity contribution in [3.8, 4) is 5.75 Å². The Balaban J connectivity index is 1.51. The molecule has 2 fully saturated rings. The summed E-state index contributed by atoms with van der Waals surface area (Å²) in [5.74, 6) is -0.302. The van der Waals surface area contributed by atoms with Crippen LogP contribution in [0.5, 0.6) is 5.75 Å². The van der Waals surface area contributed by atoms with Crippen LogP contribution in [0.2, 0.25) is 0 Å². The average molecular weight is 370 g/mol. The monoisotopic (exact) mass is 370 g/mol. The standard InChI is InChI=1S/C20H22N2O5/c1-26-17-5-3-2-4-14(17)8-21-9-16-10-22(13-20(16,12-21)19(24)25)18(23)15-6-7-27-11-15/h2-7,11,16H,8-10,12-13H2,1H3,(H,24,25)/t16-,20-/m1/s1. The number of hydrogen-bond acceptors (Lipinski definition) is 5. The molecule has 0 saturated carbocycles. The highest BCUT2D eigenvalue weighted by Gasteiger charge is 2.58. The number of furan rings is 1. The van der Waals surface area contributed by atoms with E-state index in [0.717, 1.165) is 11.3 Å². The molecule has 2 aliphatic rings. The number of ether oxygens (including phenoxy) is 1. The number of carboxylic acid groups (broad SMARTS) is 1. The Bertz CT molecular complexity index is 850. The minimum Gasteiger partial charge on any atom is -0.496 e. The molecule has 1 N–H and O–H groups in total. The van der Waals surface area contributed by atoms with Crippen molar-refractivity contribution in [1.82, 2.24) is 9.80 Å². The van der Waals surface area contributed by atoms with Gasteiger partial charge in [-0.1, -0.05) is 18.2 Å². The summed E-state index contributed by atoms with van der Waals surface area (Å²) < 4.78 is 10.4. The molecule has 2 aromatic rings. The van der Waals surface area contributed by atoms with Gasteiger partial charge in [0.2, 0.25) is 0 Å². The third-order valence-corrected chi connectivity index (χ3v) is 5.75. The van der Waals surface area contributed by atoms with E-state index >= 15 is 0 Å². The zero-order valence-corrected chi connectivity index (χ0v) is 15.1. The molecule has 27 heavy (non-hydrogen) atoms. The summed E-state index contributed by atoms with van der Waals surface area (Å²) in [6.45, 7) is 2.35. The van der Waals surface area contributed by atoms with Gasteiger partial charge in [0.1, 0.15) is 17.4 Å². The molecule has 0 radical (unpaired) electrons. The van der Waals surface area contributed by atoms with E-state index in [2.05, 4.69) is 4.90 Å². The topological polar surface area (TPSA) is 83.2 Å². The maximum absolute atomic E-state index is 12.6. The average Bonchev–Trinajstić information content (AvgIpc) is 3.36. The lowest BCUT2D eigenvalue weighted by Crippen LogP contribution is -2.41. The van der Waals surface area contributed by atoms with Crippen LogP contribution in [0, 0.1) is 11.3 Å². The highest BCUT2D eigenvalue weighted by Crippen LogP contribution is 2.44. The van der Waals surface area contributed by atoms with Crippen LogP contribution >= 0.6 is 0 Å². The normalized spacial score (nSPS) is 24.8. The van der Waals surface area contributed by atoms with Crippen molar-refractivity contribution < 1.29 is 23.8 Å². The molecule has 1 aromatic carbocycles. The van der Waals surface area contributed by atoms with Gasteiger partial charge < -0.3 is 19.2 Å². The van der Waals surface area contributed by atoms with E-state index in [0.29, 0.717) is 31.7 Å². The van der Waals surface area contributed by atoms with Crippen LogP contribution in [0.4, 0.5) is 0 Å². The molecule has 3 heterocycles. The number of likely N-dealkylation sites (tertiary alicyclic amines) is 2. The Kier molecular flexibility index (Phi) is 4.39. The maximum Gasteiger partial charge on any atom is 0.313 e. The number of aliphatic carboxylic acids is 1. The van der Waals surface area contributed by atoms with Gasteiger partial charge in [-0.05, 0) is 12.1 Å².